The molecular weight excluding hydrogens is 326 g/mol. The van der Waals surface area contributed by atoms with E-state index in [1.165, 1.54) is 6.07 Å². The molecule has 1 amide bonds. The van der Waals surface area contributed by atoms with Crippen LogP contribution in [-0.2, 0) is 0 Å². The van der Waals surface area contributed by atoms with Crippen LogP contribution in [0.3, 0.4) is 0 Å². The van der Waals surface area contributed by atoms with E-state index in [0.717, 1.165) is 5.56 Å². The Morgan fingerprint density at radius 2 is 1.69 bits per heavy atom. The van der Waals surface area contributed by atoms with Crippen LogP contribution in [0.4, 0.5) is 0 Å². The summed E-state index contributed by atoms with van der Waals surface area (Å²) in [6.45, 7) is 1.95. The minimum Gasteiger partial charge on any atom is -0.507 e. The van der Waals surface area contributed by atoms with E-state index < -0.39 is 5.91 Å². The molecule has 0 atom stereocenters. The van der Waals surface area contributed by atoms with Crippen molar-refractivity contribution >= 4 is 22.4 Å². The van der Waals surface area contributed by atoms with Crippen LogP contribution in [0.15, 0.2) is 47.5 Å². The number of carbonyl (C=O) groups excluding carboxylic acids is 1. The first-order valence-electron chi connectivity index (χ1n) is 7.88. The number of amides is 1. The van der Waals surface area contributed by atoms with Gasteiger partial charge in [0.25, 0.3) is 5.91 Å². The first-order chi connectivity index (χ1) is 12.5. The van der Waals surface area contributed by atoms with Gasteiger partial charge >= 0.3 is 0 Å². The molecule has 0 saturated carbocycles. The predicted molar refractivity (Wildman–Crippen MR) is 96.2 cm³/mol. The van der Waals surface area contributed by atoms with Crippen molar-refractivity contribution in [2.24, 2.45) is 4.99 Å². The number of nitrogens with zero attached hydrogens (tertiary/aromatic N) is 3. The van der Waals surface area contributed by atoms with Gasteiger partial charge in [0.1, 0.15) is 11.8 Å². The number of carbonyl (C=O) groups is 1. The average Bonchev–Trinajstić information content (AvgIpc) is 3.00. The Morgan fingerprint density at radius 1 is 0.962 bits per heavy atom. The molecule has 0 fully saturated rings. The summed E-state index contributed by atoms with van der Waals surface area (Å²) in [5.74, 6) is -0.671. The van der Waals surface area contributed by atoms with Crippen LogP contribution in [0.25, 0.3) is 10.8 Å². The first-order valence-corrected chi connectivity index (χ1v) is 7.88. The fraction of sp³-hybridized carbons (Fsp3) is 0.0476. The predicted octanol–water partition coefficient (Wildman–Crippen LogP) is 3.59. The summed E-state index contributed by atoms with van der Waals surface area (Å²) in [5, 5.41) is 30.4. The van der Waals surface area contributed by atoms with E-state index in [2.05, 4.69) is 4.99 Å². The maximum Gasteiger partial charge on any atom is 0.279 e. The molecule has 1 aliphatic rings. The molecule has 26 heavy (non-hydrogen) atoms. The van der Waals surface area contributed by atoms with E-state index in [4.69, 9.17) is 5.26 Å². The van der Waals surface area contributed by atoms with Crippen LogP contribution >= 0.6 is 0 Å². The van der Waals surface area contributed by atoms with Gasteiger partial charge in [0.2, 0.25) is 0 Å². The molecule has 122 valence electrons. The normalized spacial score (nSPS) is 12.4. The minimum absolute atomic E-state index is 0.0863. The lowest BCUT2D eigenvalue weighted by atomic mass is 9.90. The number of hydrogen-bond donors (Lipinski definition) is 1. The SMILES string of the molecule is Cc1ccc(C2=NC(=O)c3c2c(O)c2ccc(C#N)cc2c3C#N)cc1. The molecule has 3 aromatic rings. The Bertz CT molecular complexity index is 1220. The summed E-state index contributed by atoms with van der Waals surface area (Å²) in [7, 11) is 0. The van der Waals surface area contributed by atoms with Gasteiger partial charge in [0, 0.05) is 16.3 Å². The van der Waals surface area contributed by atoms with Gasteiger partial charge in [-0.2, -0.15) is 10.5 Å². The number of nitriles is 2. The van der Waals surface area contributed by atoms with Crippen LogP contribution < -0.4 is 0 Å². The second-order valence-corrected chi connectivity index (χ2v) is 6.09. The number of aryl methyl sites for hydroxylation is 1. The summed E-state index contributed by atoms with van der Waals surface area (Å²) in [5.41, 5.74) is 2.93. The summed E-state index contributed by atoms with van der Waals surface area (Å²) in [4.78, 5) is 16.6. The second-order valence-electron chi connectivity index (χ2n) is 6.09. The highest BCUT2D eigenvalue weighted by Crippen LogP contribution is 2.40. The van der Waals surface area contributed by atoms with Gasteiger partial charge in [-0.15, -0.1) is 0 Å². The maximum absolute atomic E-state index is 12.5. The van der Waals surface area contributed by atoms with Crippen molar-refractivity contribution in [3.63, 3.8) is 0 Å². The highest BCUT2D eigenvalue weighted by molar-refractivity contribution is 6.31. The second kappa shape index (κ2) is 5.54. The Morgan fingerprint density at radius 3 is 2.35 bits per heavy atom. The minimum atomic E-state index is -0.563. The molecule has 0 unspecified atom stereocenters. The quantitative estimate of drug-likeness (QED) is 0.733. The first kappa shape index (κ1) is 15.6. The van der Waals surface area contributed by atoms with Crippen molar-refractivity contribution in [2.75, 3.05) is 0 Å². The van der Waals surface area contributed by atoms with Crippen molar-refractivity contribution < 1.29 is 9.90 Å². The number of phenols is 1. The van der Waals surface area contributed by atoms with Gasteiger partial charge in [-0.1, -0.05) is 29.8 Å². The van der Waals surface area contributed by atoms with Gasteiger partial charge in [0.15, 0.2) is 0 Å². The third-order valence-electron chi connectivity index (χ3n) is 4.51. The zero-order valence-corrected chi connectivity index (χ0v) is 13.7. The molecule has 1 aliphatic heterocycles. The van der Waals surface area contributed by atoms with E-state index in [1.54, 1.807) is 12.1 Å². The smallest absolute Gasteiger partial charge is 0.279 e. The number of hydrogen-bond acceptors (Lipinski definition) is 4. The van der Waals surface area contributed by atoms with E-state index >= 15 is 0 Å². The van der Waals surface area contributed by atoms with Crippen LogP contribution in [0, 0.1) is 29.6 Å². The molecule has 4 rings (SSSR count). The Labute approximate surface area is 149 Å². The number of benzene rings is 3. The van der Waals surface area contributed by atoms with E-state index in [0.29, 0.717) is 27.6 Å². The summed E-state index contributed by atoms with van der Waals surface area (Å²) < 4.78 is 0. The lowest BCUT2D eigenvalue weighted by Gasteiger charge is -2.12. The third kappa shape index (κ3) is 2.08. The van der Waals surface area contributed by atoms with Crippen LogP contribution in [0.1, 0.15) is 38.2 Å². The van der Waals surface area contributed by atoms with E-state index in [1.807, 2.05) is 43.3 Å². The van der Waals surface area contributed by atoms with Crippen LogP contribution in [0.2, 0.25) is 0 Å². The largest absolute Gasteiger partial charge is 0.507 e. The molecule has 0 aromatic heterocycles. The van der Waals surface area contributed by atoms with Crippen molar-refractivity contribution in [3.8, 4) is 17.9 Å². The maximum atomic E-state index is 12.5. The van der Waals surface area contributed by atoms with Gasteiger partial charge in [-0.25, -0.2) is 4.99 Å². The third-order valence-corrected chi connectivity index (χ3v) is 4.51. The molecule has 0 spiro atoms. The molecule has 5 heteroatoms. The summed E-state index contributed by atoms with van der Waals surface area (Å²) >= 11 is 0. The van der Waals surface area contributed by atoms with Crippen LogP contribution in [-0.4, -0.2) is 16.7 Å². The van der Waals surface area contributed by atoms with Gasteiger partial charge in [0.05, 0.1) is 34.0 Å². The molecular formula is C21H11N3O2. The van der Waals surface area contributed by atoms with Crippen molar-refractivity contribution in [1.82, 2.24) is 0 Å². The molecule has 0 saturated heterocycles. The molecule has 0 radical (unpaired) electrons. The zero-order valence-electron chi connectivity index (χ0n) is 13.7. The lowest BCUT2D eigenvalue weighted by molar-refractivity contribution is 0.101. The molecule has 1 N–H and O–H groups in total. The monoisotopic (exact) mass is 337 g/mol. The van der Waals surface area contributed by atoms with Gasteiger partial charge in [-0.3, -0.25) is 4.79 Å². The Balaban J connectivity index is 2.09. The lowest BCUT2D eigenvalue weighted by Crippen LogP contribution is -2.04. The highest BCUT2D eigenvalue weighted by Gasteiger charge is 2.32. The van der Waals surface area contributed by atoms with Crippen molar-refractivity contribution in [3.05, 3.63) is 75.8 Å². The fourth-order valence-electron chi connectivity index (χ4n) is 3.23. The van der Waals surface area contributed by atoms with Crippen molar-refractivity contribution in [1.29, 1.82) is 10.5 Å². The molecule has 3 aromatic carbocycles. The van der Waals surface area contributed by atoms with Gasteiger partial charge in [-0.05, 0) is 25.1 Å². The van der Waals surface area contributed by atoms with E-state index in [-0.39, 0.29) is 22.4 Å². The molecule has 1 heterocycles. The Kier molecular flexibility index (Phi) is 3.32. The standard InChI is InChI=1S/C21H11N3O2/c1-11-2-5-13(6-3-11)19-18-17(21(26)24-19)16(10-23)15-8-12(9-22)4-7-14(15)20(18)25/h2-8,25H,1H3. The Hall–Kier alpha value is -3.96. The van der Waals surface area contributed by atoms with Crippen LogP contribution in [0.5, 0.6) is 5.75 Å². The van der Waals surface area contributed by atoms with Gasteiger partial charge < -0.3 is 5.11 Å². The molecule has 0 bridgehead atoms. The average molecular weight is 337 g/mol. The van der Waals surface area contributed by atoms with E-state index in [9.17, 15) is 15.2 Å². The number of phenolic OH excluding ortho intramolecular Hbond substituents is 1. The fourth-order valence-corrected chi connectivity index (χ4v) is 3.23. The topological polar surface area (TPSA) is 97.2 Å². The molecule has 0 aliphatic carbocycles. The number of rotatable bonds is 1. The number of fused-ring (bicyclic) bond motifs is 2. The number of aromatic hydroxyl groups is 1. The summed E-state index contributed by atoms with van der Waals surface area (Å²) in [6, 6.07) is 16.1. The summed E-state index contributed by atoms with van der Waals surface area (Å²) in [6.07, 6.45) is 0. The highest BCUT2D eigenvalue weighted by atomic mass is 16.3. The zero-order chi connectivity index (χ0) is 18.4. The molecule has 5 nitrogen and oxygen atoms in total. The number of aliphatic imine (C=N–C) groups is 1. The van der Waals surface area contributed by atoms with Crippen molar-refractivity contribution in [2.45, 2.75) is 6.92 Å².